The van der Waals surface area contributed by atoms with Crippen molar-refractivity contribution in [2.75, 3.05) is 60.1 Å². The second-order valence-corrected chi connectivity index (χ2v) is 28.5. The number of nitrogens with two attached hydrogens (primary N) is 1. The van der Waals surface area contributed by atoms with Gasteiger partial charge in [-0.2, -0.15) is 0 Å². The maximum atomic E-state index is 15.7. The van der Waals surface area contributed by atoms with Crippen LogP contribution < -0.4 is 37.2 Å². The number of aryl methyl sites for hydroxylation is 1. The highest BCUT2D eigenvalue weighted by atomic mass is 35.5. The molecule has 2 aromatic rings. The molecule has 6 N–H and O–H groups in total. The van der Waals surface area contributed by atoms with Crippen LogP contribution in [0, 0.1) is 37.5 Å². The standard InChI is InChI=1S/C69H90Cl2N12O17/c1-30(2)49-66(93)82-23-17-19-42(82)64(91)78(13)27-45(84)80(15)55(32(5)6)68(95)98-36(11)51(62(89)74-49)76-60(87)39-26-44(97-29-38-21-22-40(70)41(71)25-38)34(9)58-53(39)73-54-47(48(72)57(86)35(10)59(54)100-58)61(88)77-52-37(12)99-69(96)56(33(7)8)81(16)46(85)28-79(14)65(92)43-20-18-24-83(43)67(94)50(31(3)4)75-63(52)90/h21-22,25-26,30-33,36-37,42-43,49-52,55-56H,17-20,23-24,27-29,72H2,1-16H3,(H,74,89)(H,75,90)(H,76,87)(H,77,88)/t36-,37+,42-,43+,49-,50+,51+,52-,55+,56-/m1/s1. The Hall–Kier alpha value is -9.12. The number of hydrogen-bond donors (Lipinski definition) is 5. The van der Waals surface area contributed by atoms with E-state index in [4.69, 9.17) is 52.5 Å². The van der Waals surface area contributed by atoms with Crippen LogP contribution in [-0.2, 0) is 64.0 Å². The zero-order chi connectivity index (χ0) is 74.1. The van der Waals surface area contributed by atoms with Crippen molar-refractivity contribution < 1.29 is 76.2 Å². The highest BCUT2D eigenvalue weighted by molar-refractivity contribution is 6.42. The quantitative estimate of drug-likeness (QED) is 0.0813. The topological polar surface area (TPSA) is 369 Å². The molecule has 0 unspecified atom stereocenters. The predicted octanol–water partition coefficient (Wildman–Crippen LogP) is 3.61. The van der Waals surface area contributed by atoms with Gasteiger partial charge in [-0.3, -0.25) is 52.7 Å². The van der Waals surface area contributed by atoms with Crippen LogP contribution >= 0.6 is 23.2 Å². The molecule has 0 bridgehead atoms. The Labute approximate surface area is 589 Å². The highest BCUT2D eigenvalue weighted by Gasteiger charge is 2.47. The average Bonchev–Trinajstić information content (AvgIpc) is 0.908. The maximum absolute atomic E-state index is 15.7. The zero-order valence-electron chi connectivity index (χ0n) is 59.2. The molecule has 10 amide bonds. The fourth-order valence-corrected chi connectivity index (χ4v) is 13.6. The zero-order valence-corrected chi connectivity index (χ0v) is 60.7. The van der Waals surface area contributed by atoms with Gasteiger partial charge in [0.15, 0.2) is 11.3 Å². The Morgan fingerprint density at radius 3 is 1.54 bits per heavy atom. The first-order chi connectivity index (χ1) is 46.9. The summed E-state index contributed by atoms with van der Waals surface area (Å²) in [5.41, 5.74) is 3.29. The number of cyclic esters (lactones) is 2. The first-order valence-electron chi connectivity index (χ1n) is 33.4. The summed E-state index contributed by atoms with van der Waals surface area (Å²) in [5, 5.41) is 11.2. The van der Waals surface area contributed by atoms with Crippen LogP contribution in [0.15, 0.2) is 33.5 Å². The van der Waals surface area contributed by atoms with Crippen molar-refractivity contribution in [2.24, 2.45) is 23.7 Å². The van der Waals surface area contributed by atoms with Crippen molar-refractivity contribution in [1.29, 1.82) is 0 Å². The molecule has 0 radical (unpaired) electrons. The average molecular weight is 1430 g/mol. The lowest BCUT2D eigenvalue weighted by Gasteiger charge is -2.36. The van der Waals surface area contributed by atoms with Crippen molar-refractivity contribution in [3.8, 4) is 17.2 Å². The molecular formula is C69H90Cl2N12O17. The predicted molar refractivity (Wildman–Crippen MR) is 366 cm³/mol. The molecule has 1 aliphatic carbocycles. The molecular weight excluding hydrogens is 1340 g/mol. The first-order valence-corrected chi connectivity index (χ1v) is 34.2. The molecule has 31 heteroatoms. The number of carbonyl (C=O) groups excluding carboxylic acids is 12. The number of aromatic nitrogens is 1. The van der Waals surface area contributed by atoms with Gasteiger partial charge in [0.2, 0.25) is 52.7 Å². The second-order valence-electron chi connectivity index (χ2n) is 27.7. The first kappa shape index (κ1) is 76.6. The van der Waals surface area contributed by atoms with Crippen LogP contribution in [0.3, 0.4) is 0 Å². The van der Waals surface area contributed by atoms with Gasteiger partial charge in [0.1, 0.15) is 84.1 Å². The minimum absolute atomic E-state index is 0.0375. The van der Waals surface area contributed by atoms with E-state index < -0.39 is 196 Å². The van der Waals surface area contributed by atoms with Gasteiger partial charge < -0.3 is 75.0 Å². The minimum Gasteiger partial charge on any atom is -0.488 e. The van der Waals surface area contributed by atoms with E-state index in [0.29, 0.717) is 18.4 Å². The summed E-state index contributed by atoms with van der Waals surface area (Å²) >= 11 is 12.7. The van der Waals surface area contributed by atoms with E-state index in [1.807, 2.05) is 0 Å². The third kappa shape index (κ3) is 15.7. The number of nitrogen functional groups attached to an aromatic ring is 1. The van der Waals surface area contributed by atoms with E-state index in [9.17, 15) is 43.2 Å². The Bertz CT molecular complexity index is 3970. The number of nitrogens with one attached hydrogen (secondary N) is 4. The number of halogens is 2. The lowest BCUT2D eigenvalue weighted by molar-refractivity contribution is -0.163. The lowest BCUT2D eigenvalue weighted by atomic mass is 9.98. The van der Waals surface area contributed by atoms with Crippen LogP contribution in [0.1, 0.15) is 132 Å². The van der Waals surface area contributed by atoms with Gasteiger partial charge in [0, 0.05) is 52.4 Å². The molecule has 4 saturated heterocycles. The summed E-state index contributed by atoms with van der Waals surface area (Å²) < 4.78 is 25.0. The summed E-state index contributed by atoms with van der Waals surface area (Å²) in [5.74, 6) is -13.1. The highest BCUT2D eigenvalue weighted by Crippen LogP contribution is 2.39. The summed E-state index contributed by atoms with van der Waals surface area (Å²) in [6, 6.07) is -5.14. The van der Waals surface area contributed by atoms with Crippen molar-refractivity contribution in [1.82, 2.24) is 55.7 Å². The van der Waals surface area contributed by atoms with E-state index >= 15 is 19.2 Å². The Kier molecular flexibility index (Phi) is 23.9. The van der Waals surface area contributed by atoms with E-state index in [1.165, 1.54) is 81.6 Å². The van der Waals surface area contributed by atoms with E-state index in [2.05, 4.69) is 21.3 Å². The summed E-state index contributed by atoms with van der Waals surface area (Å²) in [6.07, 6.45) is -1.87. The number of likely N-dealkylation sites (N-methyl/N-ethyl adjacent to an activating group) is 4. The summed E-state index contributed by atoms with van der Waals surface area (Å²) in [4.78, 5) is 202. The van der Waals surface area contributed by atoms with E-state index in [-0.39, 0.29) is 76.3 Å². The van der Waals surface area contributed by atoms with Crippen LogP contribution in [0.2, 0.25) is 10.0 Å². The lowest BCUT2D eigenvalue weighted by Crippen LogP contribution is -2.61. The van der Waals surface area contributed by atoms with Gasteiger partial charge >= 0.3 is 11.9 Å². The minimum atomic E-state index is -1.93. The maximum Gasteiger partial charge on any atom is 0.329 e. The number of carbonyl (C=O) groups is 12. The SMILES string of the molecule is Cc1c2oc3c(C)c(OCc4ccc(Cl)c(Cl)c4)cc(C(=O)N[C@@H]4C(=O)N[C@H](C(C)C)C(=O)N5CCC[C@@H]5C(=O)N(C)CC(=O)N(C)[C@@H](C(C)C)C(=O)O[C@@H]4C)c3nc-2c(C(=O)N[C@H]2C(=O)N[C@@H](C(C)C)C(=O)N3CCC[C@H]3C(=O)N(C)CC(=O)N(C)[C@H](C(C)C)C(=O)O[C@H]2C)c(N)c1=O. The molecule has 2 aromatic carbocycles. The summed E-state index contributed by atoms with van der Waals surface area (Å²) in [6.45, 7) is 17.8. The van der Waals surface area contributed by atoms with Gasteiger partial charge in [0.05, 0.1) is 39.9 Å². The number of amides is 10. The number of fused-ring (bicyclic) bond motifs is 4. The van der Waals surface area contributed by atoms with Crippen LogP contribution in [0.4, 0.5) is 5.69 Å². The second kappa shape index (κ2) is 31.2. The fourth-order valence-electron chi connectivity index (χ4n) is 13.3. The molecule has 0 aromatic heterocycles. The monoisotopic (exact) mass is 1430 g/mol. The van der Waals surface area contributed by atoms with Crippen molar-refractivity contribution in [3.63, 3.8) is 0 Å². The number of benzene rings is 3. The van der Waals surface area contributed by atoms with Crippen molar-refractivity contribution >= 4 is 111 Å². The van der Waals surface area contributed by atoms with Crippen LogP contribution in [0.25, 0.3) is 22.6 Å². The van der Waals surface area contributed by atoms with Crippen LogP contribution in [0.5, 0.6) is 5.75 Å². The van der Waals surface area contributed by atoms with Crippen molar-refractivity contribution in [3.05, 3.63) is 72.4 Å². The van der Waals surface area contributed by atoms with Gasteiger partial charge in [-0.05, 0) is 101 Å². The fraction of sp³-hybridized carbons (Fsp3) is 0.565. The number of nitrogens with zero attached hydrogens (tertiary/aromatic N) is 7. The molecule has 4 fully saturated rings. The number of hydrogen-bond acceptors (Lipinski definition) is 19. The molecule has 0 spiro atoms. The van der Waals surface area contributed by atoms with Gasteiger partial charge in [-0.15, -0.1) is 0 Å². The molecule has 6 aliphatic rings. The van der Waals surface area contributed by atoms with Gasteiger partial charge in [0.25, 0.3) is 11.8 Å². The molecule has 8 rings (SSSR count). The molecule has 542 valence electrons. The molecule has 29 nitrogen and oxygen atoms in total. The van der Waals surface area contributed by atoms with Gasteiger partial charge in [-0.1, -0.05) is 84.7 Å². The number of rotatable bonds is 11. The Balaban J connectivity index is 1.28. The third-order valence-corrected chi connectivity index (χ3v) is 19.8. The van der Waals surface area contributed by atoms with Crippen molar-refractivity contribution in [2.45, 2.75) is 176 Å². The normalized spacial score (nSPS) is 24.7. The largest absolute Gasteiger partial charge is 0.488 e. The van der Waals surface area contributed by atoms with E-state index in [0.717, 1.165) is 9.80 Å². The van der Waals surface area contributed by atoms with Crippen LogP contribution in [-0.4, -0.2) is 220 Å². The number of ether oxygens (including phenoxy) is 3. The molecule has 100 heavy (non-hydrogen) atoms. The molecule has 0 saturated carbocycles. The van der Waals surface area contributed by atoms with Gasteiger partial charge in [-0.25, -0.2) is 14.6 Å². The van der Waals surface area contributed by atoms with E-state index in [1.54, 1.807) is 73.6 Å². The Morgan fingerprint density at radius 2 is 1.10 bits per heavy atom. The Morgan fingerprint density at radius 1 is 0.640 bits per heavy atom. The molecule has 5 aliphatic heterocycles. The number of anilines is 1. The third-order valence-electron chi connectivity index (χ3n) is 19.0. The summed E-state index contributed by atoms with van der Waals surface area (Å²) in [7, 11) is 5.55. The number of esters is 2. The molecule has 10 atom stereocenters. The smallest absolute Gasteiger partial charge is 0.329 e. The molecule has 5 heterocycles.